The molecule has 3 heterocycles. The highest BCUT2D eigenvalue weighted by molar-refractivity contribution is 6.31. The van der Waals surface area contributed by atoms with Gasteiger partial charge in [0.2, 0.25) is 11.8 Å². The van der Waals surface area contributed by atoms with Crippen LogP contribution in [0.1, 0.15) is 79.7 Å². The average molecular weight is 784 g/mol. The van der Waals surface area contributed by atoms with Crippen LogP contribution in [0.2, 0.25) is 5.02 Å². The molecule has 3 fully saturated rings. The van der Waals surface area contributed by atoms with Gasteiger partial charge in [0, 0.05) is 56.6 Å². The molecular formula is C40H66ClN3O10. The fourth-order valence-corrected chi connectivity index (χ4v) is 8.90. The van der Waals surface area contributed by atoms with Gasteiger partial charge in [-0.3, -0.25) is 9.59 Å². The van der Waals surface area contributed by atoms with Crippen molar-refractivity contribution in [3.63, 3.8) is 0 Å². The molecule has 0 radical (unpaired) electrons. The Balaban J connectivity index is 1.79. The van der Waals surface area contributed by atoms with Crippen molar-refractivity contribution in [1.82, 2.24) is 15.1 Å². The second-order valence-electron chi connectivity index (χ2n) is 17.0. The van der Waals surface area contributed by atoms with E-state index in [0.717, 1.165) is 5.56 Å². The number of hydrogen-bond acceptors (Lipinski definition) is 11. The minimum atomic E-state index is -1.55. The molecule has 0 aliphatic carbocycles. The van der Waals surface area contributed by atoms with E-state index in [1.165, 1.54) is 7.11 Å². The van der Waals surface area contributed by atoms with Gasteiger partial charge < -0.3 is 54.1 Å². The molecule has 4 N–H and O–H groups in total. The van der Waals surface area contributed by atoms with Crippen molar-refractivity contribution in [2.24, 2.45) is 17.8 Å². The average Bonchev–Trinajstić information content (AvgIpc) is 3.09. The van der Waals surface area contributed by atoms with Gasteiger partial charge in [-0.2, -0.15) is 0 Å². The van der Waals surface area contributed by atoms with Gasteiger partial charge in [0.15, 0.2) is 12.6 Å². The second-order valence-corrected chi connectivity index (χ2v) is 17.4. The summed E-state index contributed by atoms with van der Waals surface area (Å²) in [7, 11) is 7.03. The Kier molecular flexibility index (Phi) is 15.4. The Bertz CT molecular complexity index is 1400. The van der Waals surface area contributed by atoms with Crippen LogP contribution in [0, 0.1) is 17.8 Å². The zero-order valence-electron chi connectivity index (χ0n) is 34.0. The van der Waals surface area contributed by atoms with E-state index in [1.807, 2.05) is 58.0 Å². The number of ether oxygens (including phenoxy) is 5. The van der Waals surface area contributed by atoms with Crippen LogP contribution in [0.3, 0.4) is 0 Å². The third kappa shape index (κ3) is 10.7. The highest BCUT2D eigenvalue weighted by Crippen LogP contribution is 2.39. The maximum atomic E-state index is 14.5. The summed E-state index contributed by atoms with van der Waals surface area (Å²) in [5, 5.41) is 38.6. The number of halogens is 1. The monoisotopic (exact) mass is 783 g/mol. The third-order valence-corrected chi connectivity index (χ3v) is 12.2. The number of methoxy groups -OCH3 is 1. The van der Waals surface area contributed by atoms with Crippen molar-refractivity contribution in [2.75, 3.05) is 34.8 Å². The van der Waals surface area contributed by atoms with Gasteiger partial charge in [-0.1, -0.05) is 50.6 Å². The van der Waals surface area contributed by atoms with E-state index in [0.29, 0.717) is 24.4 Å². The molecule has 3 saturated heterocycles. The molecule has 14 heteroatoms. The lowest BCUT2D eigenvalue weighted by molar-refractivity contribution is -0.317. The topological polar surface area (TPSA) is 159 Å². The number of aliphatic hydroxyl groups excluding tert-OH is 2. The summed E-state index contributed by atoms with van der Waals surface area (Å²) in [6.45, 7) is 13.0. The van der Waals surface area contributed by atoms with E-state index >= 15 is 0 Å². The number of hydrogen-bond donors (Lipinski definition) is 4. The lowest BCUT2D eigenvalue weighted by Crippen LogP contribution is -2.61. The highest BCUT2D eigenvalue weighted by atomic mass is 35.5. The molecule has 0 saturated carbocycles. The fraction of sp³-hybridized carbons (Fsp3) is 0.800. The van der Waals surface area contributed by atoms with Gasteiger partial charge in [-0.05, 0) is 78.6 Å². The maximum Gasteiger partial charge on any atom is 0.225 e. The summed E-state index contributed by atoms with van der Waals surface area (Å²) in [5.74, 6) is -2.28. The van der Waals surface area contributed by atoms with E-state index in [4.69, 9.17) is 35.3 Å². The van der Waals surface area contributed by atoms with Gasteiger partial charge in [0.1, 0.15) is 12.2 Å². The van der Waals surface area contributed by atoms with Crippen molar-refractivity contribution in [2.45, 2.75) is 153 Å². The fourth-order valence-electron chi connectivity index (χ4n) is 8.68. The Morgan fingerprint density at radius 1 is 1.04 bits per heavy atom. The number of amides is 2. The summed E-state index contributed by atoms with van der Waals surface area (Å²) in [6, 6.07) is 6.50. The van der Waals surface area contributed by atoms with Crippen LogP contribution in [0.4, 0.5) is 0 Å². The Morgan fingerprint density at radius 2 is 1.70 bits per heavy atom. The molecule has 0 spiro atoms. The van der Waals surface area contributed by atoms with Gasteiger partial charge >= 0.3 is 0 Å². The summed E-state index contributed by atoms with van der Waals surface area (Å²) < 4.78 is 31.7. The molecule has 3 aliphatic rings. The standard InChI is InChI=1S/C40H66ClN3O10/c1-22-19-39(6,49)36(54-38-33(46)30(43(8)9)16-23(2)51-38)24(3)34(53-32-20-40(7,50-11)35(47)26(5)52-32)25(4)37(48)42-28(18-31(45)44(10)21-22)17-27-14-12-13-15-29(27)41/h12-15,22-26,28,30,32-36,38,46-47,49H,16-21H2,1-11H3,(H,42,48)/t22-,23-,24+,25-,26+,28-,30+,32+,33-,34+,35+,36-,38+,39-,40-/m1/s1. The van der Waals surface area contributed by atoms with Crippen molar-refractivity contribution in [3.8, 4) is 0 Å². The van der Waals surface area contributed by atoms with Gasteiger partial charge in [0.25, 0.3) is 0 Å². The largest absolute Gasteiger partial charge is 0.387 e. The first-order chi connectivity index (χ1) is 25.2. The van der Waals surface area contributed by atoms with E-state index in [-0.39, 0.29) is 49.1 Å². The van der Waals surface area contributed by atoms with Gasteiger partial charge in [-0.25, -0.2) is 0 Å². The molecule has 1 aromatic rings. The molecule has 54 heavy (non-hydrogen) atoms. The van der Waals surface area contributed by atoms with Crippen molar-refractivity contribution >= 4 is 23.4 Å². The molecule has 0 bridgehead atoms. The van der Waals surface area contributed by atoms with Crippen LogP contribution in [0.15, 0.2) is 24.3 Å². The summed E-state index contributed by atoms with van der Waals surface area (Å²) in [5.41, 5.74) is -1.75. The van der Waals surface area contributed by atoms with E-state index in [2.05, 4.69) is 5.32 Å². The number of carbonyl (C=O) groups is 2. The van der Waals surface area contributed by atoms with E-state index in [1.54, 1.807) is 45.7 Å². The van der Waals surface area contributed by atoms with Crippen LogP contribution in [0.5, 0.6) is 0 Å². The van der Waals surface area contributed by atoms with Gasteiger partial charge in [-0.15, -0.1) is 0 Å². The Hall–Kier alpha value is -1.91. The number of nitrogens with zero attached hydrogens (tertiary/aromatic N) is 2. The van der Waals surface area contributed by atoms with Crippen molar-refractivity contribution in [1.29, 1.82) is 0 Å². The lowest BCUT2D eigenvalue weighted by atomic mass is 9.77. The summed E-state index contributed by atoms with van der Waals surface area (Å²) >= 11 is 6.55. The zero-order valence-corrected chi connectivity index (χ0v) is 34.8. The number of carbonyl (C=O) groups excluding carboxylic acids is 2. The predicted octanol–water partition coefficient (Wildman–Crippen LogP) is 3.38. The number of likely N-dealkylation sites (N-methyl/N-ethyl adjacent to an activating group) is 1. The van der Waals surface area contributed by atoms with Crippen LogP contribution >= 0.6 is 11.6 Å². The molecule has 2 amide bonds. The second kappa shape index (κ2) is 18.6. The molecule has 4 rings (SSSR count). The smallest absolute Gasteiger partial charge is 0.225 e. The molecular weight excluding hydrogens is 718 g/mol. The van der Waals surface area contributed by atoms with Crippen molar-refractivity contribution in [3.05, 3.63) is 34.9 Å². The predicted molar refractivity (Wildman–Crippen MR) is 205 cm³/mol. The molecule has 308 valence electrons. The normalized spacial score (nSPS) is 42.1. The minimum Gasteiger partial charge on any atom is -0.387 e. The summed E-state index contributed by atoms with van der Waals surface area (Å²) in [4.78, 5) is 31.7. The maximum absolute atomic E-state index is 14.5. The van der Waals surface area contributed by atoms with Gasteiger partial charge in [0.05, 0.1) is 41.5 Å². The van der Waals surface area contributed by atoms with Crippen LogP contribution in [-0.4, -0.2) is 144 Å². The van der Waals surface area contributed by atoms with Crippen LogP contribution in [0.25, 0.3) is 0 Å². The first-order valence-corrected chi connectivity index (χ1v) is 19.7. The lowest BCUT2D eigenvalue weighted by Gasteiger charge is -2.49. The molecule has 3 aliphatic heterocycles. The first-order valence-electron chi connectivity index (χ1n) is 19.4. The summed E-state index contributed by atoms with van der Waals surface area (Å²) in [6.07, 6.45) is -5.50. The minimum absolute atomic E-state index is 0.0333. The quantitative estimate of drug-likeness (QED) is 0.306. The Morgan fingerprint density at radius 3 is 2.33 bits per heavy atom. The molecule has 1 aromatic carbocycles. The molecule has 0 unspecified atom stereocenters. The molecule has 15 atom stereocenters. The molecule has 0 aromatic heterocycles. The number of nitrogens with one attached hydrogen (secondary N) is 1. The van der Waals surface area contributed by atoms with Crippen LogP contribution in [-0.2, 0) is 39.7 Å². The van der Waals surface area contributed by atoms with E-state index in [9.17, 15) is 24.9 Å². The molecule has 13 nitrogen and oxygen atoms in total. The SMILES string of the molecule is CO[C@]1(C)C[C@H](O[C@H]2[C@H](C)[C@@H](O[C@@H]3O[C@H](C)C[C@H](N(C)C)[C@H]3O)[C@](C)(O)C[C@@H](C)CN(C)C(=O)C[C@@H](Cc3ccccc3Cl)NC(=O)[C@@H]2C)O[C@@H](C)[C@@H]1O. The van der Waals surface area contributed by atoms with Crippen molar-refractivity contribution < 1.29 is 48.6 Å². The number of rotatable bonds is 8. The van der Waals surface area contributed by atoms with Crippen LogP contribution < -0.4 is 5.32 Å². The third-order valence-electron chi connectivity index (χ3n) is 11.8. The Labute approximate surface area is 326 Å². The number of aliphatic hydroxyl groups is 3. The zero-order chi connectivity index (χ0) is 40.3. The highest BCUT2D eigenvalue weighted by Gasteiger charge is 2.51. The van der Waals surface area contributed by atoms with E-state index < -0.39 is 72.2 Å². The first kappa shape index (κ1) is 44.8. The number of benzene rings is 1.